The second-order valence-electron chi connectivity index (χ2n) is 11.2. The van der Waals surface area contributed by atoms with Gasteiger partial charge in [-0.15, -0.1) is 0 Å². The summed E-state index contributed by atoms with van der Waals surface area (Å²) in [6, 6.07) is 9.74. The fourth-order valence-corrected chi connectivity index (χ4v) is 5.36. The third-order valence-corrected chi connectivity index (χ3v) is 7.58. The number of piperidine rings is 1. The molecule has 0 atom stereocenters. The molecule has 222 valence electrons. The summed E-state index contributed by atoms with van der Waals surface area (Å²) in [6.07, 6.45) is 6.31. The standard InChI is InChI=1S/C32H40N6O4/c1-20-15-24(7-8-25(20)22-10-13-38(14-11-22)31(40)32(3,4)19-41-5)36-29-28-23(9-12-35-30(28)39)16-27(37-29)26(33)18-34-17-21(2)42-6/h7-9,12,15-18,22H,2,10-11,13-14,19,33H2,1,3-6H3,(H,35,39)(H,36,37)/b26-18-,34-17?. The van der Waals surface area contributed by atoms with Gasteiger partial charge in [0, 0.05) is 32.1 Å². The zero-order valence-corrected chi connectivity index (χ0v) is 25.0. The number of allylic oxidation sites excluding steroid dienone is 1. The molecule has 10 heteroatoms. The van der Waals surface area contributed by atoms with Gasteiger partial charge in [-0.3, -0.25) is 14.6 Å². The van der Waals surface area contributed by atoms with Gasteiger partial charge in [0.15, 0.2) is 0 Å². The number of methoxy groups -OCH3 is 2. The largest absolute Gasteiger partial charge is 0.496 e. The van der Waals surface area contributed by atoms with Gasteiger partial charge in [0.25, 0.3) is 5.56 Å². The molecule has 0 aliphatic carbocycles. The molecule has 1 saturated heterocycles. The molecule has 1 amide bonds. The molecule has 0 spiro atoms. The minimum atomic E-state index is -0.533. The highest BCUT2D eigenvalue weighted by atomic mass is 16.5. The lowest BCUT2D eigenvalue weighted by Crippen LogP contribution is -2.46. The lowest BCUT2D eigenvalue weighted by atomic mass is 9.85. The van der Waals surface area contributed by atoms with Crippen LogP contribution in [-0.4, -0.2) is 60.9 Å². The smallest absolute Gasteiger partial charge is 0.259 e. The number of pyridine rings is 2. The molecule has 0 radical (unpaired) electrons. The Morgan fingerprint density at radius 2 is 2.00 bits per heavy atom. The van der Waals surface area contributed by atoms with Crippen molar-refractivity contribution in [2.24, 2.45) is 16.1 Å². The average Bonchev–Trinajstić information content (AvgIpc) is 2.96. The summed E-state index contributed by atoms with van der Waals surface area (Å²) < 4.78 is 10.2. The Labute approximate surface area is 246 Å². The Morgan fingerprint density at radius 3 is 2.67 bits per heavy atom. The SMILES string of the molecule is C=C(C=N/C=C(\N)c1cc2cc[nH]c(=O)c2c(Nc2ccc(C3CCN(C(=O)C(C)(C)COC)CC3)c(C)c2)n1)OC. The van der Waals surface area contributed by atoms with E-state index in [-0.39, 0.29) is 11.5 Å². The van der Waals surface area contributed by atoms with Crippen molar-refractivity contribution >= 4 is 40.1 Å². The van der Waals surface area contributed by atoms with Crippen LogP contribution in [-0.2, 0) is 14.3 Å². The lowest BCUT2D eigenvalue weighted by Gasteiger charge is -2.37. The molecule has 4 rings (SSSR count). The minimum absolute atomic E-state index is 0.138. The molecule has 0 bridgehead atoms. The second kappa shape index (κ2) is 13.0. The number of fused-ring (bicyclic) bond motifs is 1. The van der Waals surface area contributed by atoms with Gasteiger partial charge in [-0.25, -0.2) is 4.98 Å². The zero-order chi connectivity index (χ0) is 30.4. The second-order valence-corrected chi connectivity index (χ2v) is 11.2. The number of ether oxygens (including phenoxy) is 2. The Hall–Kier alpha value is -4.44. The summed E-state index contributed by atoms with van der Waals surface area (Å²) in [5.74, 6) is 1.28. The van der Waals surface area contributed by atoms with E-state index in [0.717, 1.165) is 37.2 Å². The fraction of sp³-hybridized carbons (Fsp3) is 0.375. The summed E-state index contributed by atoms with van der Waals surface area (Å²) >= 11 is 0. The first-order chi connectivity index (χ1) is 20.0. The first kappa shape index (κ1) is 30.5. The Balaban J connectivity index is 1.55. The van der Waals surface area contributed by atoms with Gasteiger partial charge in [-0.2, -0.15) is 0 Å². The first-order valence-electron chi connectivity index (χ1n) is 13.9. The number of amides is 1. The van der Waals surface area contributed by atoms with Gasteiger partial charge in [0.1, 0.15) is 11.6 Å². The maximum absolute atomic E-state index is 13.0. The number of H-pyrrole nitrogens is 1. The van der Waals surface area contributed by atoms with E-state index in [4.69, 9.17) is 15.2 Å². The zero-order valence-electron chi connectivity index (χ0n) is 25.0. The van der Waals surface area contributed by atoms with Crippen LogP contribution < -0.4 is 16.6 Å². The molecule has 3 aromatic rings. The normalized spacial score (nSPS) is 14.9. The van der Waals surface area contributed by atoms with Crippen molar-refractivity contribution in [3.8, 4) is 0 Å². The predicted octanol–water partition coefficient (Wildman–Crippen LogP) is 4.84. The maximum Gasteiger partial charge on any atom is 0.259 e. The number of carbonyl (C=O) groups excluding carboxylic acids is 1. The fourth-order valence-electron chi connectivity index (χ4n) is 5.36. The summed E-state index contributed by atoms with van der Waals surface area (Å²) in [5.41, 5.74) is 9.48. The van der Waals surface area contributed by atoms with Crippen LogP contribution >= 0.6 is 0 Å². The van der Waals surface area contributed by atoms with Crippen molar-refractivity contribution < 1.29 is 14.3 Å². The van der Waals surface area contributed by atoms with Crippen LogP contribution in [0.1, 0.15) is 49.4 Å². The Kier molecular flexibility index (Phi) is 9.47. The number of nitrogens with two attached hydrogens (primary N) is 1. The molecule has 1 aliphatic heterocycles. The average molecular weight is 573 g/mol. The maximum atomic E-state index is 13.0. The topological polar surface area (TPSA) is 135 Å². The molecular weight excluding hydrogens is 532 g/mol. The number of anilines is 2. The van der Waals surface area contributed by atoms with Crippen LogP contribution in [0.15, 0.2) is 64.9 Å². The number of aromatic nitrogens is 2. The molecule has 2 aromatic heterocycles. The number of aryl methyl sites for hydroxylation is 1. The molecule has 4 N–H and O–H groups in total. The summed E-state index contributed by atoms with van der Waals surface area (Å²) in [5, 5.41) is 4.46. The number of benzene rings is 1. The number of nitrogens with one attached hydrogen (secondary N) is 2. The monoisotopic (exact) mass is 572 g/mol. The summed E-state index contributed by atoms with van der Waals surface area (Å²) in [6.45, 7) is 11.5. The summed E-state index contributed by atoms with van der Waals surface area (Å²) in [7, 11) is 3.13. The third-order valence-electron chi connectivity index (χ3n) is 7.58. The highest BCUT2D eigenvalue weighted by molar-refractivity contribution is 5.94. The highest BCUT2D eigenvalue weighted by Gasteiger charge is 2.34. The molecule has 0 unspecified atom stereocenters. The van der Waals surface area contributed by atoms with Crippen molar-refractivity contribution in [1.82, 2.24) is 14.9 Å². The number of hydrogen-bond acceptors (Lipinski definition) is 8. The van der Waals surface area contributed by atoms with E-state index < -0.39 is 5.41 Å². The van der Waals surface area contributed by atoms with Gasteiger partial charge in [0.2, 0.25) is 5.91 Å². The minimum Gasteiger partial charge on any atom is -0.496 e. The lowest BCUT2D eigenvalue weighted by molar-refractivity contribution is -0.144. The number of aromatic amines is 1. The molecule has 42 heavy (non-hydrogen) atoms. The van der Waals surface area contributed by atoms with E-state index in [1.807, 2.05) is 24.8 Å². The molecule has 1 fully saturated rings. The number of carbonyl (C=O) groups is 1. The van der Waals surface area contributed by atoms with Gasteiger partial charge in [-0.1, -0.05) is 12.6 Å². The van der Waals surface area contributed by atoms with Crippen LogP contribution in [0.25, 0.3) is 16.5 Å². The van der Waals surface area contributed by atoms with Crippen LogP contribution in [0.4, 0.5) is 11.5 Å². The molecule has 0 saturated carbocycles. The number of aliphatic imine (C=N–C) groups is 1. The van der Waals surface area contributed by atoms with Gasteiger partial charge < -0.3 is 30.4 Å². The van der Waals surface area contributed by atoms with Crippen LogP contribution in [0.2, 0.25) is 0 Å². The Bertz CT molecular complexity index is 1580. The molecule has 10 nitrogen and oxygen atoms in total. The number of hydrogen-bond donors (Lipinski definition) is 3. The van der Waals surface area contributed by atoms with E-state index >= 15 is 0 Å². The van der Waals surface area contributed by atoms with E-state index in [1.54, 1.807) is 25.4 Å². The number of nitrogens with zero attached hydrogens (tertiary/aromatic N) is 3. The number of rotatable bonds is 10. The molecule has 1 aromatic carbocycles. The Morgan fingerprint density at radius 1 is 1.26 bits per heavy atom. The van der Waals surface area contributed by atoms with Crippen molar-refractivity contribution in [1.29, 1.82) is 0 Å². The van der Waals surface area contributed by atoms with Crippen LogP contribution in [0.5, 0.6) is 0 Å². The van der Waals surface area contributed by atoms with Crippen molar-refractivity contribution in [2.75, 3.05) is 39.2 Å². The van der Waals surface area contributed by atoms with Gasteiger partial charge in [0.05, 0.1) is 48.3 Å². The van der Waals surface area contributed by atoms with Crippen molar-refractivity contribution in [2.45, 2.75) is 39.5 Å². The molecule has 1 aliphatic rings. The quantitative estimate of drug-likeness (QED) is 0.234. The van der Waals surface area contributed by atoms with E-state index in [1.165, 1.54) is 25.1 Å². The highest BCUT2D eigenvalue weighted by Crippen LogP contribution is 2.34. The van der Waals surface area contributed by atoms with E-state index in [0.29, 0.717) is 46.3 Å². The van der Waals surface area contributed by atoms with Crippen LogP contribution in [0, 0.1) is 12.3 Å². The molecular formula is C32H40N6O4. The number of likely N-dealkylation sites (tertiary alicyclic amines) is 1. The third kappa shape index (κ3) is 6.88. The van der Waals surface area contributed by atoms with E-state index in [2.05, 4.69) is 45.9 Å². The first-order valence-corrected chi connectivity index (χ1v) is 13.9. The van der Waals surface area contributed by atoms with E-state index in [9.17, 15) is 9.59 Å². The van der Waals surface area contributed by atoms with Crippen LogP contribution in [0.3, 0.4) is 0 Å². The van der Waals surface area contributed by atoms with Gasteiger partial charge >= 0.3 is 0 Å². The van der Waals surface area contributed by atoms with Crippen molar-refractivity contribution in [3.05, 3.63) is 82.2 Å². The van der Waals surface area contributed by atoms with Gasteiger partial charge in [-0.05, 0) is 80.3 Å². The summed E-state index contributed by atoms with van der Waals surface area (Å²) in [4.78, 5) is 39.3. The van der Waals surface area contributed by atoms with Crippen molar-refractivity contribution in [3.63, 3.8) is 0 Å². The predicted molar refractivity (Wildman–Crippen MR) is 168 cm³/mol. The molecule has 3 heterocycles.